The molecule has 0 saturated heterocycles. The number of carbonyl (C=O) groups is 2. The lowest BCUT2D eigenvalue weighted by molar-refractivity contribution is -0.142. The van der Waals surface area contributed by atoms with Gasteiger partial charge in [-0.15, -0.1) is 0 Å². The van der Waals surface area contributed by atoms with Crippen molar-refractivity contribution in [1.29, 1.82) is 0 Å². The molecule has 108 valence electrons. The highest BCUT2D eigenvalue weighted by atomic mass is 16.5. The van der Waals surface area contributed by atoms with Gasteiger partial charge < -0.3 is 15.2 Å². The number of carbonyl (C=O) groups excluding carboxylic acids is 1. The Balaban J connectivity index is 1.88. The Morgan fingerprint density at radius 2 is 1.75 bits per heavy atom. The summed E-state index contributed by atoms with van der Waals surface area (Å²) in [6.45, 7) is 0. The van der Waals surface area contributed by atoms with Crippen molar-refractivity contribution < 1.29 is 19.4 Å². The van der Waals surface area contributed by atoms with Crippen LogP contribution in [0, 0.1) is 5.92 Å². The molecule has 5 heteroatoms. The van der Waals surface area contributed by atoms with E-state index in [2.05, 4.69) is 10.1 Å². The standard InChI is InChI=1S/C15H19NO4/c1-20-15(19)11-4-8-13(9-5-11)16-12-6-2-10(3-7-12)14(17)18/h4-5,8-10,12,16H,2-3,6-7H2,1H3,(H,17,18). The molecule has 1 aliphatic rings. The third kappa shape index (κ3) is 3.50. The molecule has 5 nitrogen and oxygen atoms in total. The smallest absolute Gasteiger partial charge is 0.337 e. The number of ether oxygens (including phenoxy) is 1. The lowest BCUT2D eigenvalue weighted by Gasteiger charge is -2.27. The highest BCUT2D eigenvalue weighted by molar-refractivity contribution is 5.89. The molecule has 1 aliphatic carbocycles. The number of carboxylic acid groups (broad SMARTS) is 1. The number of esters is 1. The molecular formula is C15H19NO4. The molecule has 0 aromatic heterocycles. The maximum absolute atomic E-state index is 11.3. The summed E-state index contributed by atoms with van der Waals surface area (Å²) in [6.07, 6.45) is 3.14. The first-order valence-corrected chi connectivity index (χ1v) is 6.78. The second kappa shape index (κ2) is 6.41. The highest BCUT2D eigenvalue weighted by Gasteiger charge is 2.25. The van der Waals surface area contributed by atoms with Gasteiger partial charge in [0.25, 0.3) is 0 Å². The molecule has 0 bridgehead atoms. The zero-order valence-corrected chi connectivity index (χ0v) is 11.5. The van der Waals surface area contributed by atoms with Gasteiger partial charge in [-0.2, -0.15) is 0 Å². The number of benzene rings is 1. The van der Waals surface area contributed by atoms with E-state index >= 15 is 0 Å². The number of aliphatic carboxylic acids is 1. The van der Waals surface area contributed by atoms with Crippen LogP contribution in [-0.2, 0) is 9.53 Å². The van der Waals surface area contributed by atoms with Gasteiger partial charge in [-0.3, -0.25) is 4.79 Å². The number of nitrogens with one attached hydrogen (secondary N) is 1. The second-order valence-electron chi connectivity index (χ2n) is 5.10. The van der Waals surface area contributed by atoms with Gasteiger partial charge in [-0.1, -0.05) is 0 Å². The monoisotopic (exact) mass is 277 g/mol. The fourth-order valence-corrected chi connectivity index (χ4v) is 2.54. The number of carboxylic acids is 1. The van der Waals surface area contributed by atoms with E-state index in [0.717, 1.165) is 18.5 Å². The quantitative estimate of drug-likeness (QED) is 0.827. The van der Waals surface area contributed by atoms with E-state index < -0.39 is 5.97 Å². The third-order valence-corrected chi connectivity index (χ3v) is 3.75. The van der Waals surface area contributed by atoms with Gasteiger partial charge in [0.1, 0.15) is 0 Å². The van der Waals surface area contributed by atoms with Gasteiger partial charge in [0, 0.05) is 11.7 Å². The van der Waals surface area contributed by atoms with Crippen molar-refractivity contribution in [2.45, 2.75) is 31.7 Å². The molecular weight excluding hydrogens is 258 g/mol. The molecule has 2 N–H and O–H groups in total. The Labute approximate surface area is 117 Å². The van der Waals surface area contributed by atoms with Crippen molar-refractivity contribution >= 4 is 17.6 Å². The Kier molecular flexibility index (Phi) is 4.61. The number of methoxy groups -OCH3 is 1. The van der Waals surface area contributed by atoms with Crippen LogP contribution in [0.3, 0.4) is 0 Å². The van der Waals surface area contributed by atoms with Gasteiger partial charge in [-0.25, -0.2) is 4.79 Å². The molecule has 0 aliphatic heterocycles. The molecule has 0 amide bonds. The van der Waals surface area contributed by atoms with E-state index in [1.807, 2.05) is 12.1 Å². The predicted octanol–water partition coefficient (Wildman–Crippen LogP) is 2.53. The van der Waals surface area contributed by atoms with E-state index in [9.17, 15) is 9.59 Å². The van der Waals surface area contributed by atoms with Crippen LogP contribution >= 0.6 is 0 Å². The van der Waals surface area contributed by atoms with E-state index in [1.165, 1.54) is 7.11 Å². The van der Waals surface area contributed by atoms with Crippen molar-refractivity contribution in [1.82, 2.24) is 0 Å². The van der Waals surface area contributed by atoms with E-state index in [0.29, 0.717) is 24.4 Å². The average molecular weight is 277 g/mol. The summed E-state index contributed by atoms with van der Waals surface area (Å²) in [7, 11) is 1.36. The molecule has 2 rings (SSSR count). The summed E-state index contributed by atoms with van der Waals surface area (Å²) >= 11 is 0. The van der Waals surface area contributed by atoms with E-state index in [4.69, 9.17) is 5.11 Å². The maximum atomic E-state index is 11.3. The molecule has 1 fully saturated rings. The summed E-state index contributed by atoms with van der Waals surface area (Å²) in [5.41, 5.74) is 1.46. The fraction of sp³-hybridized carbons (Fsp3) is 0.467. The maximum Gasteiger partial charge on any atom is 0.337 e. The Hall–Kier alpha value is -2.04. The summed E-state index contributed by atoms with van der Waals surface area (Å²) in [5, 5.41) is 12.3. The lowest BCUT2D eigenvalue weighted by Crippen LogP contribution is -2.29. The molecule has 1 aromatic rings. The average Bonchev–Trinajstić information content (AvgIpc) is 2.48. The first-order valence-electron chi connectivity index (χ1n) is 6.78. The van der Waals surface area contributed by atoms with Gasteiger partial charge >= 0.3 is 11.9 Å². The van der Waals surface area contributed by atoms with E-state index in [-0.39, 0.29) is 11.9 Å². The molecule has 0 atom stereocenters. The zero-order chi connectivity index (χ0) is 14.5. The fourth-order valence-electron chi connectivity index (χ4n) is 2.54. The molecule has 1 saturated carbocycles. The van der Waals surface area contributed by atoms with Gasteiger partial charge in [0.05, 0.1) is 18.6 Å². The lowest BCUT2D eigenvalue weighted by atomic mass is 9.86. The van der Waals surface area contributed by atoms with Crippen molar-refractivity contribution in [3.05, 3.63) is 29.8 Å². The van der Waals surface area contributed by atoms with Crippen LogP contribution in [0.4, 0.5) is 5.69 Å². The van der Waals surface area contributed by atoms with Crippen molar-refractivity contribution in [2.75, 3.05) is 12.4 Å². The van der Waals surface area contributed by atoms with Crippen LogP contribution in [0.5, 0.6) is 0 Å². The zero-order valence-electron chi connectivity index (χ0n) is 11.5. The summed E-state index contributed by atoms with van der Waals surface area (Å²) in [5.74, 6) is -1.24. The molecule has 20 heavy (non-hydrogen) atoms. The minimum Gasteiger partial charge on any atom is -0.481 e. The third-order valence-electron chi connectivity index (χ3n) is 3.75. The number of anilines is 1. The van der Waals surface area contributed by atoms with Crippen molar-refractivity contribution in [3.63, 3.8) is 0 Å². The van der Waals surface area contributed by atoms with Gasteiger partial charge in [-0.05, 0) is 49.9 Å². The molecule has 0 spiro atoms. The predicted molar refractivity (Wildman–Crippen MR) is 74.8 cm³/mol. The SMILES string of the molecule is COC(=O)c1ccc(NC2CCC(C(=O)O)CC2)cc1. The molecule has 1 aromatic carbocycles. The van der Waals surface area contributed by atoms with Crippen LogP contribution in [0.2, 0.25) is 0 Å². The highest BCUT2D eigenvalue weighted by Crippen LogP contribution is 2.26. The van der Waals surface area contributed by atoms with Crippen LogP contribution in [0.1, 0.15) is 36.0 Å². The first kappa shape index (κ1) is 14.4. The summed E-state index contributed by atoms with van der Waals surface area (Å²) in [6, 6.07) is 7.42. The number of rotatable bonds is 4. The minimum atomic E-state index is -0.689. The van der Waals surface area contributed by atoms with Crippen molar-refractivity contribution in [2.24, 2.45) is 5.92 Å². The first-order chi connectivity index (χ1) is 9.60. The number of hydrogen-bond donors (Lipinski definition) is 2. The van der Waals surface area contributed by atoms with Crippen LogP contribution in [-0.4, -0.2) is 30.2 Å². The summed E-state index contributed by atoms with van der Waals surface area (Å²) < 4.78 is 4.65. The van der Waals surface area contributed by atoms with Crippen LogP contribution < -0.4 is 5.32 Å². The summed E-state index contributed by atoms with van der Waals surface area (Å²) in [4.78, 5) is 22.2. The van der Waals surface area contributed by atoms with Crippen LogP contribution in [0.15, 0.2) is 24.3 Å². The second-order valence-corrected chi connectivity index (χ2v) is 5.10. The topological polar surface area (TPSA) is 75.6 Å². The molecule has 0 heterocycles. The molecule has 0 unspecified atom stereocenters. The Bertz CT molecular complexity index is 475. The van der Waals surface area contributed by atoms with Crippen molar-refractivity contribution in [3.8, 4) is 0 Å². The minimum absolute atomic E-state index is 0.199. The molecule has 0 radical (unpaired) electrons. The van der Waals surface area contributed by atoms with Gasteiger partial charge in [0.15, 0.2) is 0 Å². The van der Waals surface area contributed by atoms with Gasteiger partial charge in [0.2, 0.25) is 0 Å². The Morgan fingerprint density at radius 1 is 1.15 bits per heavy atom. The number of hydrogen-bond acceptors (Lipinski definition) is 4. The Morgan fingerprint density at radius 3 is 2.25 bits per heavy atom. The van der Waals surface area contributed by atoms with E-state index in [1.54, 1.807) is 12.1 Å². The largest absolute Gasteiger partial charge is 0.481 e. The van der Waals surface area contributed by atoms with Crippen LogP contribution in [0.25, 0.3) is 0 Å². The normalized spacial score (nSPS) is 22.1.